The zero-order chi connectivity index (χ0) is 12.4. The van der Waals surface area contributed by atoms with Gasteiger partial charge in [0.1, 0.15) is 0 Å². The second kappa shape index (κ2) is 5.55. The molecule has 5 nitrogen and oxygen atoms in total. The Morgan fingerprint density at radius 3 is 2.28 bits per heavy atom. The van der Waals surface area contributed by atoms with Crippen molar-refractivity contribution in [2.45, 2.75) is 18.9 Å². The van der Waals surface area contributed by atoms with Crippen molar-refractivity contribution in [1.29, 1.82) is 0 Å². The molecule has 3 heterocycles. The van der Waals surface area contributed by atoms with Crippen LogP contribution in [0.25, 0.3) is 0 Å². The lowest BCUT2D eigenvalue weighted by molar-refractivity contribution is -0.140. The van der Waals surface area contributed by atoms with Crippen LogP contribution in [0.1, 0.15) is 12.8 Å². The predicted octanol–water partition coefficient (Wildman–Crippen LogP) is -0.471. The number of amides is 1. The van der Waals surface area contributed by atoms with Gasteiger partial charge in [-0.3, -0.25) is 9.69 Å². The van der Waals surface area contributed by atoms with E-state index in [9.17, 15) is 4.79 Å². The number of ether oxygens (including phenoxy) is 1. The monoisotopic (exact) mass is 253 g/mol. The molecule has 3 fully saturated rings. The molecule has 0 spiro atoms. The van der Waals surface area contributed by atoms with Crippen LogP contribution in [0.2, 0.25) is 0 Å². The van der Waals surface area contributed by atoms with Gasteiger partial charge in [-0.25, -0.2) is 0 Å². The lowest BCUT2D eigenvalue weighted by Crippen LogP contribution is -2.62. The molecule has 102 valence electrons. The number of carbonyl (C=O) groups excluding carboxylic acids is 1. The van der Waals surface area contributed by atoms with Crippen LogP contribution in [0, 0.1) is 5.92 Å². The van der Waals surface area contributed by atoms with Crippen LogP contribution < -0.4 is 5.32 Å². The van der Waals surface area contributed by atoms with E-state index < -0.39 is 0 Å². The Balaban J connectivity index is 1.47. The van der Waals surface area contributed by atoms with Gasteiger partial charge in [-0.15, -0.1) is 0 Å². The van der Waals surface area contributed by atoms with E-state index in [1.807, 2.05) is 0 Å². The van der Waals surface area contributed by atoms with E-state index in [0.717, 1.165) is 65.3 Å². The number of carbonyl (C=O) groups is 1. The maximum Gasteiger partial charge on any atom is 0.225 e. The Kier molecular flexibility index (Phi) is 3.82. The van der Waals surface area contributed by atoms with Crippen molar-refractivity contribution in [3.05, 3.63) is 0 Å². The third-order valence-corrected chi connectivity index (χ3v) is 4.47. The van der Waals surface area contributed by atoms with Gasteiger partial charge in [0.2, 0.25) is 5.91 Å². The van der Waals surface area contributed by atoms with E-state index in [4.69, 9.17) is 4.74 Å². The normalized spacial score (nSPS) is 28.1. The van der Waals surface area contributed by atoms with Gasteiger partial charge in [0.25, 0.3) is 0 Å². The van der Waals surface area contributed by atoms with Crippen molar-refractivity contribution in [3.8, 4) is 0 Å². The molecule has 3 aliphatic rings. The average molecular weight is 253 g/mol. The van der Waals surface area contributed by atoms with Crippen molar-refractivity contribution in [3.63, 3.8) is 0 Å². The minimum atomic E-state index is 0.218. The molecule has 1 N–H and O–H groups in total. The van der Waals surface area contributed by atoms with Gasteiger partial charge >= 0.3 is 0 Å². The second-order valence-electron chi connectivity index (χ2n) is 5.56. The summed E-state index contributed by atoms with van der Waals surface area (Å²) >= 11 is 0. The van der Waals surface area contributed by atoms with Gasteiger partial charge in [-0.05, 0) is 12.8 Å². The first-order valence-corrected chi connectivity index (χ1v) is 7.16. The molecule has 18 heavy (non-hydrogen) atoms. The maximum atomic E-state index is 12.4. The summed E-state index contributed by atoms with van der Waals surface area (Å²) in [6.45, 7) is 7.65. The Bertz CT molecular complexity index is 293. The van der Waals surface area contributed by atoms with Crippen molar-refractivity contribution in [2.75, 3.05) is 52.5 Å². The van der Waals surface area contributed by atoms with Gasteiger partial charge in [0.05, 0.1) is 0 Å². The molecule has 0 aromatic rings. The van der Waals surface area contributed by atoms with Crippen LogP contribution in [0.5, 0.6) is 0 Å². The minimum absolute atomic E-state index is 0.218. The summed E-state index contributed by atoms with van der Waals surface area (Å²) in [7, 11) is 0. The summed E-state index contributed by atoms with van der Waals surface area (Å²) in [4.78, 5) is 16.9. The van der Waals surface area contributed by atoms with Gasteiger partial charge in [0, 0.05) is 64.4 Å². The Morgan fingerprint density at radius 1 is 1.06 bits per heavy atom. The molecule has 1 amide bonds. The van der Waals surface area contributed by atoms with Gasteiger partial charge in [-0.1, -0.05) is 0 Å². The average Bonchev–Trinajstić information content (AvgIpc) is 2.38. The molecule has 0 radical (unpaired) electrons. The van der Waals surface area contributed by atoms with Crippen molar-refractivity contribution < 1.29 is 9.53 Å². The second-order valence-corrected chi connectivity index (χ2v) is 5.56. The number of nitrogens with zero attached hydrogens (tertiary/aromatic N) is 2. The molecular weight excluding hydrogens is 230 g/mol. The number of hydrogen-bond donors (Lipinski definition) is 1. The molecular formula is C13H23N3O2. The van der Waals surface area contributed by atoms with Crippen molar-refractivity contribution in [1.82, 2.24) is 15.1 Å². The van der Waals surface area contributed by atoms with Gasteiger partial charge in [-0.2, -0.15) is 0 Å². The number of rotatable bonds is 2. The lowest BCUT2D eigenvalue weighted by atomic mass is 9.98. The SMILES string of the molecule is O=C(C1CCOCC1)N1CCN(C2CNC2)CC1. The highest BCUT2D eigenvalue weighted by Crippen LogP contribution is 2.19. The zero-order valence-electron chi connectivity index (χ0n) is 10.9. The molecule has 3 aliphatic heterocycles. The predicted molar refractivity (Wildman–Crippen MR) is 68.4 cm³/mol. The molecule has 0 aromatic carbocycles. The fraction of sp³-hybridized carbons (Fsp3) is 0.923. The first kappa shape index (κ1) is 12.4. The highest BCUT2D eigenvalue weighted by molar-refractivity contribution is 5.79. The van der Waals surface area contributed by atoms with Gasteiger partial charge < -0.3 is 15.0 Å². The smallest absolute Gasteiger partial charge is 0.225 e. The van der Waals surface area contributed by atoms with E-state index in [1.165, 1.54) is 0 Å². The van der Waals surface area contributed by atoms with Crippen LogP contribution in [-0.4, -0.2) is 74.2 Å². The number of hydrogen-bond acceptors (Lipinski definition) is 4. The Morgan fingerprint density at radius 2 is 1.72 bits per heavy atom. The summed E-state index contributed by atoms with van der Waals surface area (Å²) in [5.41, 5.74) is 0. The molecule has 0 unspecified atom stereocenters. The molecule has 0 bridgehead atoms. The molecule has 0 atom stereocenters. The Hall–Kier alpha value is -0.650. The molecule has 5 heteroatoms. The van der Waals surface area contributed by atoms with E-state index in [1.54, 1.807) is 0 Å². The highest BCUT2D eigenvalue weighted by atomic mass is 16.5. The zero-order valence-corrected chi connectivity index (χ0v) is 10.9. The van der Waals surface area contributed by atoms with E-state index >= 15 is 0 Å². The quantitative estimate of drug-likeness (QED) is 0.722. The van der Waals surface area contributed by atoms with E-state index in [2.05, 4.69) is 15.1 Å². The molecule has 3 rings (SSSR count). The summed E-state index contributed by atoms with van der Waals surface area (Å²) < 4.78 is 5.32. The van der Waals surface area contributed by atoms with Gasteiger partial charge in [0.15, 0.2) is 0 Å². The largest absolute Gasteiger partial charge is 0.381 e. The summed E-state index contributed by atoms with van der Waals surface area (Å²) in [5, 5.41) is 3.31. The third-order valence-electron chi connectivity index (χ3n) is 4.47. The summed E-state index contributed by atoms with van der Waals surface area (Å²) in [5.74, 6) is 0.584. The number of nitrogens with one attached hydrogen (secondary N) is 1. The van der Waals surface area contributed by atoms with Crippen molar-refractivity contribution >= 4 is 5.91 Å². The van der Waals surface area contributed by atoms with Crippen molar-refractivity contribution in [2.24, 2.45) is 5.92 Å². The molecule has 0 aliphatic carbocycles. The van der Waals surface area contributed by atoms with Crippen LogP contribution >= 0.6 is 0 Å². The highest BCUT2D eigenvalue weighted by Gasteiger charge is 2.32. The Labute approximate surface area is 108 Å². The summed E-state index contributed by atoms with van der Waals surface area (Å²) in [6, 6.07) is 0.713. The fourth-order valence-electron chi connectivity index (χ4n) is 3.04. The van der Waals surface area contributed by atoms with Crippen LogP contribution in [-0.2, 0) is 9.53 Å². The molecule has 3 saturated heterocycles. The fourth-order valence-corrected chi connectivity index (χ4v) is 3.04. The third kappa shape index (κ3) is 2.53. The van der Waals surface area contributed by atoms with E-state index in [-0.39, 0.29) is 5.92 Å². The summed E-state index contributed by atoms with van der Waals surface area (Å²) in [6.07, 6.45) is 1.82. The first-order chi connectivity index (χ1) is 8.84. The van der Waals surface area contributed by atoms with Crippen LogP contribution in [0.3, 0.4) is 0 Å². The lowest BCUT2D eigenvalue weighted by Gasteiger charge is -2.44. The standard InChI is InChI=1S/C13H23N3O2/c17-13(11-1-7-18-8-2-11)16-5-3-15(4-6-16)12-9-14-10-12/h11-12,14H,1-10H2. The molecule has 0 saturated carbocycles. The van der Waals surface area contributed by atoms with E-state index in [0.29, 0.717) is 11.9 Å². The minimum Gasteiger partial charge on any atom is -0.381 e. The molecule has 0 aromatic heterocycles. The van der Waals surface area contributed by atoms with Crippen LogP contribution in [0.15, 0.2) is 0 Å². The number of piperazine rings is 1. The van der Waals surface area contributed by atoms with Crippen LogP contribution in [0.4, 0.5) is 0 Å². The maximum absolute atomic E-state index is 12.4. The topological polar surface area (TPSA) is 44.8 Å². The first-order valence-electron chi connectivity index (χ1n) is 7.16.